The topological polar surface area (TPSA) is 44.5 Å². The highest BCUT2D eigenvalue weighted by molar-refractivity contribution is 6.52. The van der Waals surface area contributed by atoms with Crippen LogP contribution in [0.1, 0.15) is 33.3 Å². The molecule has 3 rings (SSSR count). The molecule has 104 valence electrons. The number of hydrogen-bond acceptors (Lipinski definition) is 4. The van der Waals surface area contributed by atoms with Crippen molar-refractivity contribution in [1.82, 2.24) is 4.98 Å². The molecule has 4 nitrogen and oxygen atoms in total. The van der Waals surface area contributed by atoms with Crippen LogP contribution in [0.4, 0.5) is 0 Å². The Balaban J connectivity index is 1.78. The number of hydrogen-bond donors (Lipinski definition) is 0. The summed E-state index contributed by atoms with van der Waals surface area (Å²) < 4.78 is 17.1. The molecule has 0 aromatic carbocycles. The molecular weight excluding hydrogens is 253 g/mol. The second kappa shape index (κ2) is 4.47. The van der Waals surface area contributed by atoms with Crippen molar-refractivity contribution in [2.75, 3.05) is 0 Å². The highest BCUT2D eigenvalue weighted by atomic mass is 16.7. The Kier molecular flexibility index (Phi) is 2.99. The predicted molar refractivity (Wildman–Crippen MR) is 79.1 cm³/mol. The Labute approximate surface area is 118 Å². The first-order valence-corrected chi connectivity index (χ1v) is 6.74. The zero-order valence-electron chi connectivity index (χ0n) is 12.2. The standard InChI is InChI=1S/C15H18BNO3/c1-14(2)15(3,4)20-16(19-14)7-5-11-9-13-12(17-10-11)6-8-18-13/h5-10H,1-4H3/b7-5+. The van der Waals surface area contributed by atoms with Crippen LogP contribution in [-0.4, -0.2) is 23.3 Å². The summed E-state index contributed by atoms with van der Waals surface area (Å²) in [4.78, 5) is 4.32. The van der Waals surface area contributed by atoms with E-state index in [0.717, 1.165) is 16.7 Å². The Morgan fingerprint density at radius 2 is 1.85 bits per heavy atom. The fourth-order valence-corrected chi connectivity index (χ4v) is 2.11. The molecule has 0 unspecified atom stereocenters. The van der Waals surface area contributed by atoms with E-state index in [2.05, 4.69) is 4.98 Å². The van der Waals surface area contributed by atoms with Crippen molar-refractivity contribution in [2.45, 2.75) is 38.9 Å². The Morgan fingerprint density at radius 3 is 2.55 bits per heavy atom. The largest absolute Gasteiger partial charge is 0.487 e. The van der Waals surface area contributed by atoms with Crippen LogP contribution in [0.2, 0.25) is 0 Å². The number of fused-ring (bicyclic) bond motifs is 1. The van der Waals surface area contributed by atoms with E-state index in [1.165, 1.54) is 0 Å². The van der Waals surface area contributed by atoms with Gasteiger partial charge in [-0.15, -0.1) is 0 Å². The normalized spacial score (nSPS) is 21.1. The van der Waals surface area contributed by atoms with Gasteiger partial charge in [-0.25, -0.2) is 0 Å². The van der Waals surface area contributed by atoms with Crippen LogP contribution >= 0.6 is 0 Å². The van der Waals surface area contributed by atoms with Crippen molar-refractivity contribution in [2.24, 2.45) is 0 Å². The zero-order chi connectivity index (χ0) is 14.4. The number of aromatic nitrogens is 1. The quantitative estimate of drug-likeness (QED) is 0.784. The second-order valence-corrected chi connectivity index (χ2v) is 6.06. The molecule has 0 saturated carbocycles. The minimum atomic E-state index is -0.340. The van der Waals surface area contributed by atoms with Crippen molar-refractivity contribution in [3.05, 3.63) is 36.1 Å². The van der Waals surface area contributed by atoms with Gasteiger partial charge in [-0.2, -0.15) is 0 Å². The van der Waals surface area contributed by atoms with Gasteiger partial charge in [0.15, 0.2) is 5.58 Å². The molecule has 0 radical (unpaired) electrons. The number of nitrogens with zero attached hydrogens (tertiary/aromatic N) is 1. The monoisotopic (exact) mass is 271 g/mol. The molecule has 0 spiro atoms. The minimum absolute atomic E-state index is 0.314. The molecule has 0 bridgehead atoms. The van der Waals surface area contributed by atoms with Crippen LogP contribution in [0.25, 0.3) is 17.2 Å². The van der Waals surface area contributed by atoms with Crippen LogP contribution < -0.4 is 0 Å². The third-order valence-electron chi connectivity index (χ3n) is 4.04. The van der Waals surface area contributed by atoms with E-state index in [4.69, 9.17) is 13.7 Å². The van der Waals surface area contributed by atoms with E-state index in [1.54, 1.807) is 12.5 Å². The highest BCUT2D eigenvalue weighted by Gasteiger charge is 2.49. The molecule has 0 atom stereocenters. The number of furan rings is 1. The van der Waals surface area contributed by atoms with Crippen molar-refractivity contribution >= 4 is 24.3 Å². The van der Waals surface area contributed by atoms with Crippen molar-refractivity contribution in [1.29, 1.82) is 0 Å². The van der Waals surface area contributed by atoms with Gasteiger partial charge in [0.1, 0.15) is 5.52 Å². The smallest absolute Gasteiger partial charge is 0.463 e. The maximum atomic E-state index is 5.91. The van der Waals surface area contributed by atoms with Gasteiger partial charge < -0.3 is 13.7 Å². The summed E-state index contributed by atoms with van der Waals surface area (Å²) >= 11 is 0. The summed E-state index contributed by atoms with van der Waals surface area (Å²) in [5.74, 6) is 1.91. The summed E-state index contributed by atoms with van der Waals surface area (Å²) in [5.41, 5.74) is 1.97. The molecule has 3 heterocycles. The lowest BCUT2D eigenvalue weighted by atomic mass is 9.89. The summed E-state index contributed by atoms with van der Waals surface area (Å²) in [6.45, 7) is 8.16. The van der Waals surface area contributed by atoms with E-state index in [0.29, 0.717) is 0 Å². The second-order valence-electron chi connectivity index (χ2n) is 6.06. The summed E-state index contributed by atoms with van der Waals surface area (Å²) in [7, 11) is -0.340. The van der Waals surface area contributed by atoms with Gasteiger partial charge in [-0.3, -0.25) is 4.98 Å². The van der Waals surface area contributed by atoms with Crippen LogP contribution in [0.5, 0.6) is 0 Å². The first kappa shape index (κ1) is 13.4. The molecule has 2 aromatic rings. The zero-order valence-corrected chi connectivity index (χ0v) is 12.2. The van der Waals surface area contributed by atoms with Gasteiger partial charge in [0.2, 0.25) is 0 Å². The first-order valence-electron chi connectivity index (χ1n) is 6.74. The molecule has 1 aliphatic rings. The predicted octanol–water partition coefficient (Wildman–Crippen LogP) is 3.47. The summed E-state index contributed by atoms with van der Waals surface area (Å²) in [5, 5.41) is 0. The molecule has 2 aromatic heterocycles. The third-order valence-corrected chi connectivity index (χ3v) is 4.04. The van der Waals surface area contributed by atoms with E-state index in [-0.39, 0.29) is 18.3 Å². The van der Waals surface area contributed by atoms with E-state index >= 15 is 0 Å². The lowest BCUT2D eigenvalue weighted by Crippen LogP contribution is -2.41. The Morgan fingerprint density at radius 1 is 1.15 bits per heavy atom. The Hall–Kier alpha value is -1.59. The maximum absolute atomic E-state index is 5.91. The number of pyridine rings is 1. The molecule has 1 aliphatic heterocycles. The van der Waals surface area contributed by atoms with Gasteiger partial charge in [-0.1, -0.05) is 12.1 Å². The van der Waals surface area contributed by atoms with E-state index in [1.807, 2.05) is 51.9 Å². The molecule has 20 heavy (non-hydrogen) atoms. The molecule has 0 aliphatic carbocycles. The van der Waals surface area contributed by atoms with Crippen molar-refractivity contribution in [3.63, 3.8) is 0 Å². The SMILES string of the molecule is CC1(C)OB(/C=C/c2cnc3ccoc3c2)OC1(C)C. The third kappa shape index (κ3) is 2.27. The molecule has 0 amide bonds. The van der Waals surface area contributed by atoms with Crippen molar-refractivity contribution < 1.29 is 13.7 Å². The maximum Gasteiger partial charge on any atom is 0.487 e. The van der Waals surface area contributed by atoms with Crippen LogP contribution in [0.3, 0.4) is 0 Å². The lowest BCUT2D eigenvalue weighted by molar-refractivity contribution is 0.00578. The van der Waals surface area contributed by atoms with Gasteiger partial charge in [0, 0.05) is 12.3 Å². The Bertz CT molecular complexity index is 644. The summed E-state index contributed by atoms with van der Waals surface area (Å²) in [6.07, 6.45) is 5.39. The lowest BCUT2D eigenvalue weighted by Gasteiger charge is -2.32. The van der Waals surface area contributed by atoms with E-state index < -0.39 is 0 Å². The van der Waals surface area contributed by atoms with Gasteiger partial charge >= 0.3 is 7.12 Å². The van der Waals surface area contributed by atoms with Crippen LogP contribution in [0.15, 0.2) is 35.0 Å². The van der Waals surface area contributed by atoms with Gasteiger partial charge in [0.05, 0.1) is 17.5 Å². The van der Waals surface area contributed by atoms with Gasteiger partial charge in [0.25, 0.3) is 0 Å². The van der Waals surface area contributed by atoms with Gasteiger partial charge in [-0.05, 0) is 39.3 Å². The fourth-order valence-electron chi connectivity index (χ4n) is 2.11. The van der Waals surface area contributed by atoms with Crippen molar-refractivity contribution in [3.8, 4) is 0 Å². The minimum Gasteiger partial charge on any atom is -0.463 e. The summed E-state index contributed by atoms with van der Waals surface area (Å²) in [6, 6.07) is 3.79. The number of rotatable bonds is 2. The van der Waals surface area contributed by atoms with E-state index in [9.17, 15) is 0 Å². The average molecular weight is 271 g/mol. The molecular formula is C15H18BNO3. The first-order chi connectivity index (χ1) is 9.37. The van der Waals surface area contributed by atoms with Crippen LogP contribution in [-0.2, 0) is 9.31 Å². The molecule has 0 N–H and O–H groups in total. The average Bonchev–Trinajstić information content (AvgIpc) is 2.89. The molecule has 1 saturated heterocycles. The molecule has 1 fully saturated rings. The molecule has 5 heteroatoms. The highest BCUT2D eigenvalue weighted by Crippen LogP contribution is 2.37. The fraction of sp³-hybridized carbons (Fsp3) is 0.400. The van der Waals surface area contributed by atoms with Crippen LogP contribution in [0, 0.1) is 0 Å².